The highest BCUT2D eigenvalue weighted by molar-refractivity contribution is 5.79. The molecule has 5 rings (SSSR count). The fourth-order valence-corrected chi connectivity index (χ4v) is 4.23. The average Bonchev–Trinajstić information content (AvgIpc) is 3.33. The summed E-state index contributed by atoms with van der Waals surface area (Å²) in [5.74, 6) is -0.000246. The Morgan fingerprint density at radius 2 is 1.70 bits per heavy atom. The molecule has 8 nitrogen and oxygen atoms in total. The normalized spacial score (nSPS) is 21.7. The lowest BCUT2D eigenvalue weighted by Crippen LogP contribution is -2.45. The SMILES string of the molecule is O=C(Cn1nc2ccccc2n1)N1C[C@@H]2OCCC(=O)N(Cc3ccccc3)[C@H]2C1. The topological polar surface area (TPSA) is 80.6 Å². The lowest BCUT2D eigenvalue weighted by atomic mass is 10.1. The van der Waals surface area contributed by atoms with Gasteiger partial charge >= 0.3 is 0 Å². The van der Waals surface area contributed by atoms with Gasteiger partial charge in [-0.05, 0) is 17.7 Å². The van der Waals surface area contributed by atoms with Gasteiger partial charge in [-0.1, -0.05) is 42.5 Å². The van der Waals surface area contributed by atoms with E-state index in [4.69, 9.17) is 4.74 Å². The van der Waals surface area contributed by atoms with Crippen molar-refractivity contribution in [3.8, 4) is 0 Å². The Kier molecular flexibility index (Phi) is 4.92. The van der Waals surface area contributed by atoms with Crippen LogP contribution in [0.3, 0.4) is 0 Å². The summed E-state index contributed by atoms with van der Waals surface area (Å²) in [6.07, 6.45) is 0.200. The van der Waals surface area contributed by atoms with E-state index in [1.807, 2.05) is 59.5 Å². The molecule has 154 valence electrons. The average molecular weight is 405 g/mol. The number of amides is 2. The van der Waals surface area contributed by atoms with Gasteiger partial charge in [-0.25, -0.2) is 0 Å². The maximum atomic E-state index is 12.9. The van der Waals surface area contributed by atoms with Crippen LogP contribution in [0.4, 0.5) is 0 Å². The number of benzene rings is 2. The van der Waals surface area contributed by atoms with Gasteiger partial charge in [0.25, 0.3) is 0 Å². The summed E-state index contributed by atoms with van der Waals surface area (Å²) in [5, 5.41) is 8.75. The summed E-state index contributed by atoms with van der Waals surface area (Å²) in [5.41, 5.74) is 2.60. The second-order valence-electron chi connectivity index (χ2n) is 7.75. The van der Waals surface area contributed by atoms with E-state index in [9.17, 15) is 9.59 Å². The molecule has 2 aromatic carbocycles. The van der Waals surface area contributed by atoms with E-state index < -0.39 is 0 Å². The molecule has 0 radical (unpaired) electrons. The van der Waals surface area contributed by atoms with Crippen LogP contribution in [-0.4, -0.2) is 68.5 Å². The Morgan fingerprint density at radius 1 is 1.00 bits per heavy atom. The number of ether oxygens (including phenoxy) is 1. The highest BCUT2D eigenvalue weighted by Gasteiger charge is 2.42. The molecule has 2 aliphatic heterocycles. The summed E-state index contributed by atoms with van der Waals surface area (Å²) in [6.45, 7) is 1.92. The van der Waals surface area contributed by atoms with E-state index in [0.717, 1.165) is 16.6 Å². The molecular weight excluding hydrogens is 382 g/mol. The molecule has 0 saturated carbocycles. The minimum Gasteiger partial charge on any atom is -0.374 e. The van der Waals surface area contributed by atoms with E-state index in [0.29, 0.717) is 32.7 Å². The van der Waals surface area contributed by atoms with Crippen LogP contribution in [0.25, 0.3) is 11.0 Å². The quantitative estimate of drug-likeness (QED) is 0.657. The van der Waals surface area contributed by atoms with Crippen LogP contribution in [0.15, 0.2) is 54.6 Å². The number of rotatable bonds is 4. The van der Waals surface area contributed by atoms with Crippen molar-refractivity contribution in [2.75, 3.05) is 19.7 Å². The van der Waals surface area contributed by atoms with Gasteiger partial charge in [0.15, 0.2) is 0 Å². The van der Waals surface area contributed by atoms with Crippen molar-refractivity contribution in [2.45, 2.75) is 31.7 Å². The van der Waals surface area contributed by atoms with E-state index in [1.54, 1.807) is 4.90 Å². The van der Waals surface area contributed by atoms with Crippen molar-refractivity contribution in [1.82, 2.24) is 24.8 Å². The third-order valence-corrected chi connectivity index (χ3v) is 5.76. The lowest BCUT2D eigenvalue weighted by Gasteiger charge is -2.29. The first-order chi connectivity index (χ1) is 14.7. The zero-order valence-electron chi connectivity index (χ0n) is 16.6. The molecule has 30 heavy (non-hydrogen) atoms. The predicted octanol–water partition coefficient (Wildman–Crippen LogP) is 1.46. The Hall–Kier alpha value is -3.26. The van der Waals surface area contributed by atoms with Crippen molar-refractivity contribution >= 4 is 22.8 Å². The van der Waals surface area contributed by atoms with Gasteiger partial charge in [0.2, 0.25) is 11.8 Å². The number of aromatic nitrogens is 3. The first-order valence-electron chi connectivity index (χ1n) is 10.2. The van der Waals surface area contributed by atoms with Gasteiger partial charge in [-0.15, -0.1) is 0 Å². The molecule has 0 N–H and O–H groups in total. The van der Waals surface area contributed by atoms with Crippen molar-refractivity contribution in [1.29, 1.82) is 0 Å². The van der Waals surface area contributed by atoms with Crippen LogP contribution in [0.1, 0.15) is 12.0 Å². The van der Waals surface area contributed by atoms with Crippen molar-refractivity contribution in [3.63, 3.8) is 0 Å². The highest BCUT2D eigenvalue weighted by atomic mass is 16.5. The molecule has 2 saturated heterocycles. The van der Waals surface area contributed by atoms with E-state index >= 15 is 0 Å². The fourth-order valence-electron chi connectivity index (χ4n) is 4.23. The number of likely N-dealkylation sites (tertiary alicyclic amines) is 1. The molecule has 8 heteroatoms. The number of hydrogen-bond donors (Lipinski definition) is 0. The highest BCUT2D eigenvalue weighted by Crippen LogP contribution is 2.25. The number of carbonyl (C=O) groups excluding carboxylic acids is 2. The molecule has 3 aromatic rings. The predicted molar refractivity (Wildman–Crippen MR) is 109 cm³/mol. The minimum absolute atomic E-state index is 0.0700. The van der Waals surface area contributed by atoms with Crippen molar-refractivity contribution < 1.29 is 14.3 Å². The van der Waals surface area contributed by atoms with Gasteiger partial charge in [0.05, 0.1) is 25.2 Å². The zero-order chi connectivity index (χ0) is 20.5. The van der Waals surface area contributed by atoms with Crippen LogP contribution in [-0.2, 0) is 27.4 Å². The third kappa shape index (κ3) is 3.66. The minimum atomic E-state index is -0.172. The largest absolute Gasteiger partial charge is 0.374 e. The lowest BCUT2D eigenvalue weighted by molar-refractivity contribution is -0.135. The summed E-state index contributed by atoms with van der Waals surface area (Å²) >= 11 is 0. The summed E-state index contributed by atoms with van der Waals surface area (Å²) in [7, 11) is 0. The van der Waals surface area contributed by atoms with Crippen molar-refractivity contribution in [3.05, 3.63) is 60.2 Å². The summed E-state index contributed by atoms with van der Waals surface area (Å²) in [4.78, 5) is 30.8. The molecule has 2 aliphatic rings. The van der Waals surface area contributed by atoms with Gasteiger partial charge in [0.1, 0.15) is 17.6 Å². The van der Waals surface area contributed by atoms with Gasteiger partial charge < -0.3 is 14.5 Å². The first kappa shape index (κ1) is 18.7. The second-order valence-corrected chi connectivity index (χ2v) is 7.75. The Labute approximate surface area is 174 Å². The number of nitrogens with zero attached hydrogens (tertiary/aromatic N) is 5. The van der Waals surface area contributed by atoms with Gasteiger partial charge in [-0.2, -0.15) is 15.0 Å². The molecule has 0 spiro atoms. The second kappa shape index (κ2) is 7.87. The molecular formula is C22H23N5O3. The maximum absolute atomic E-state index is 12.9. The first-order valence-corrected chi connectivity index (χ1v) is 10.2. The molecule has 0 aliphatic carbocycles. The number of carbonyl (C=O) groups is 2. The van der Waals surface area contributed by atoms with Gasteiger partial charge in [-0.3, -0.25) is 9.59 Å². The molecule has 3 heterocycles. The molecule has 1 aromatic heterocycles. The number of hydrogen-bond acceptors (Lipinski definition) is 5. The van der Waals surface area contributed by atoms with Crippen LogP contribution in [0.5, 0.6) is 0 Å². The number of fused-ring (bicyclic) bond motifs is 2. The Morgan fingerprint density at radius 3 is 2.43 bits per heavy atom. The van der Waals surface area contributed by atoms with Crippen LogP contribution in [0, 0.1) is 0 Å². The van der Waals surface area contributed by atoms with Crippen molar-refractivity contribution in [2.24, 2.45) is 0 Å². The van der Waals surface area contributed by atoms with E-state index in [1.165, 1.54) is 4.80 Å². The van der Waals surface area contributed by atoms with Crippen LogP contribution >= 0.6 is 0 Å². The molecule has 2 amide bonds. The Balaban J connectivity index is 1.31. The molecule has 0 bridgehead atoms. The molecule has 2 fully saturated rings. The molecule has 2 atom stereocenters. The van der Waals surface area contributed by atoms with E-state index in [2.05, 4.69) is 10.2 Å². The Bertz CT molecular complexity index is 1030. The maximum Gasteiger partial charge on any atom is 0.246 e. The van der Waals surface area contributed by atoms with E-state index in [-0.39, 0.29) is 30.5 Å². The van der Waals surface area contributed by atoms with Crippen LogP contribution < -0.4 is 0 Å². The zero-order valence-corrected chi connectivity index (χ0v) is 16.6. The third-order valence-electron chi connectivity index (χ3n) is 5.76. The molecule has 0 unspecified atom stereocenters. The monoisotopic (exact) mass is 405 g/mol. The van der Waals surface area contributed by atoms with Gasteiger partial charge in [0, 0.05) is 19.6 Å². The van der Waals surface area contributed by atoms with Crippen LogP contribution in [0.2, 0.25) is 0 Å². The smallest absolute Gasteiger partial charge is 0.246 e. The summed E-state index contributed by atoms with van der Waals surface area (Å²) in [6, 6.07) is 17.3. The standard InChI is InChI=1S/C22H23N5O3/c28-21-10-11-30-20-14-25(13-19(20)26(21)12-16-6-2-1-3-7-16)22(29)15-27-23-17-8-4-5-9-18(17)24-27/h1-9,19-20H,10-15H2/t19-,20-/m0/s1. The fraction of sp³-hybridized carbons (Fsp3) is 0.364. The summed E-state index contributed by atoms with van der Waals surface area (Å²) < 4.78 is 5.95.